The van der Waals surface area contributed by atoms with Crippen LogP contribution in [0.3, 0.4) is 0 Å². The van der Waals surface area contributed by atoms with E-state index in [1.165, 1.54) is 5.56 Å². The summed E-state index contributed by atoms with van der Waals surface area (Å²) < 4.78 is 1.89. The molecule has 0 aromatic carbocycles. The van der Waals surface area contributed by atoms with Crippen LogP contribution >= 0.6 is 0 Å². The van der Waals surface area contributed by atoms with Crippen LogP contribution in [-0.2, 0) is 19.4 Å². The molecule has 0 spiro atoms. The van der Waals surface area contributed by atoms with Gasteiger partial charge in [0.2, 0.25) is 0 Å². The SMILES string of the molecule is CCn1ncnc1CC(N)CCc1cccnc1. The van der Waals surface area contributed by atoms with Gasteiger partial charge in [0.05, 0.1) is 0 Å². The zero-order valence-corrected chi connectivity index (χ0v) is 10.7. The van der Waals surface area contributed by atoms with Gasteiger partial charge in [-0.05, 0) is 31.4 Å². The number of aromatic nitrogens is 4. The Morgan fingerprint density at radius 2 is 2.33 bits per heavy atom. The third-order valence-electron chi connectivity index (χ3n) is 2.97. The lowest BCUT2D eigenvalue weighted by Crippen LogP contribution is -2.25. The van der Waals surface area contributed by atoms with E-state index in [-0.39, 0.29) is 6.04 Å². The number of hydrogen-bond acceptors (Lipinski definition) is 4. The molecule has 2 aromatic heterocycles. The standard InChI is InChI=1S/C13H19N5/c1-2-18-13(16-10-17-18)8-12(14)6-5-11-4-3-7-15-9-11/h3-4,7,9-10,12H,2,5-6,8,14H2,1H3. The minimum atomic E-state index is 0.111. The lowest BCUT2D eigenvalue weighted by molar-refractivity contribution is 0.547. The Bertz CT molecular complexity index is 465. The van der Waals surface area contributed by atoms with Crippen LogP contribution in [0.1, 0.15) is 24.7 Å². The molecule has 5 heteroatoms. The zero-order chi connectivity index (χ0) is 12.8. The molecule has 0 aliphatic carbocycles. The second-order valence-electron chi connectivity index (χ2n) is 4.36. The molecule has 96 valence electrons. The van der Waals surface area contributed by atoms with Crippen LogP contribution in [0.4, 0.5) is 0 Å². The van der Waals surface area contributed by atoms with Crippen LogP contribution in [0.15, 0.2) is 30.9 Å². The number of nitrogens with zero attached hydrogens (tertiary/aromatic N) is 4. The van der Waals surface area contributed by atoms with Crippen LogP contribution in [0.2, 0.25) is 0 Å². The van der Waals surface area contributed by atoms with Crippen molar-refractivity contribution in [3.8, 4) is 0 Å². The van der Waals surface area contributed by atoms with E-state index in [0.29, 0.717) is 0 Å². The molecule has 0 radical (unpaired) electrons. The molecular formula is C13H19N5. The lowest BCUT2D eigenvalue weighted by atomic mass is 10.0. The molecule has 1 atom stereocenters. The molecule has 5 nitrogen and oxygen atoms in total. The number of aryl methyl sites for hydroxylation is 2. The fourth-order valence-corrected chi connectivity index (χ4v) is 1.94. The summed E-state index contributed by atoms with van der Waals surface area (Å²) in [7, 11) is 0. The first-order chi connectivity index (χ1) is 8.79. The summed E-state index contributed by atoms with van der Waals surface area (Å²) in [5, 5.41) is 4.15. The quantitative estimate of drug-likeness (QED) is 0.830. The lowest BCUT2D eigenvalue weighted by Gasteiger charge is -2.11. The van der Waals surface area contributed by atoms with Crippen molar-refractivity contribution in [1.82, 2.24) is 19.7 Å². The van der Waals surface area contributed by atoms with Crippen LogP contribution in [0.5, 0.6) is 0 Å². The van der Waals surface area contributed by atoms with Crippen molar-refractivity contribution in [2.75, 3.05) is 0 Å². The van der Waals surface area contributed by atoms with Gasteiger partial charge in [0.1, 0.15) is 12.2 Å². The highest BCUT2D eigenvalue weighted by molar-refractivity contribution is 5.08. The van der Waals surface area contributed by atoms with Gasteiger partial charge >= 0.3 is 0 Å². The molecule has 2 aromatic rings. The van der Waals surface area contributed by atoms with Crippen LogP contribution in [0, 0.1) is 0 Å². The van der Waals surface area contributed by atoms with Crippen molar-refractivity contribution in [2.45, 2.75) is 38.8 Å². The summed E-state index contributed by atoms with van der Waals surface area (Å²) in [5.41, 5.74) is 7.36. The van der Waals surface area contributed by atoms with Gasteiger partial charge in [-0.15, -0.1) is 0 Å². The summed E-state index contributed by atoms with van der Waals surface area (Å²) >= 11 is 0. The monoisotopic (exact) mass is 245 g/mol. The Kier molecular flexibility index (Phi) is 4.41. The Labute approximate surface area is 107 Å². The molecule has 0 amide bonds. The maximum Gasteiger partial charge on any atom is 0.138 e. The Morgan fingerprint density at radius 1 is 1.44 bits per heavy atom. The topological polar surface area (TPSA) is 69.6 Å². The van der Waals surface area contributed by atoms with Gasteiger partial charge in [0.25, 0.3) is 0 Å². The molecule has 2 N–H and O–H groups in total. The van der Waals surface area contributed by atoms with Gasteiger partial charge in [-0.2, -0.15) is 5.10 Å². The molecule has 0 saturated heterocycles. The number of nitrogens with two attached hydrogens (primary N) is 1. The highest BCUT2D eigenvalue weighted by Crippen LogP contribution is 2.06. The highest BCUT2D eigenvalue weighted by Gasteiger charge is 2.09. The van der Waals surface area contributed by atoms with Crippen molar-refractivity contribution in [3.63, 3.8) is 0 Å². The maximum atomic E-state index is 6.13. The molecule has 0 bridgehead atoms. The molecule has 0 fully saturated rings. The molecule has 0 aliphatic rings. The average molecular weight is 245 g/mol. The molecule has 2 heterocycles. The molecular weight excluding hydrogens is 226 g/mol. The fourth-order valence-electron chi connectivity index (χ4n) is 1.94. The highest BCUT2D eigenvalue weighted by atomic mass is 15.3. The van der Waals surface area contributed by atoms with Gasteiger partial charge in [0.15, 0.2) is 0 Å². The summed E-state index contributed by atoms with van der Waals surface area (Å²) in [4.78, 5) is 8.34. The number of hydrogen-bond donors (Lipinski definition) is 1. The van der Waals surface area contributed by atoms with E-state index in [1.807, 2.05) is 16.9 Å². The predicted octanol–water partition coefficient (Wildman–Crippen LogP) is 1.20. The zero-order valence-electron chi connectivity index (χ0n) is 10.7. The normalized spacial score (nSPS) is 12.6. The Balaban J connectivity index is 1.84. The second kappa shape index (κ2) is 6.26. The van der Waals surface area contributed by atoms with Crippen molar-refractivity contribution in [1.29, 1.82) is 0 Å². The van der Waals surface area contributed by atoms with Gasteiger partial charge in [0, 0.05) is 31.4 Å². The van der Waals surface area contributed by atoms with Crippen LogP contribution in [-0.4, -0.2) is 25.8 Å². The third-order valence-corrected chi connectivity index (χ3v) is 2.97. The first kappa shape index (κ1) is 12.7. The van der Waals surface area contributed by atoms with Crippen molar-refractivity contribution in [2.24, 2.45) is 5.73 Å². The van der Waals surface area contributed by atoms with Crippen LogP contribution < -0.4 is 5.73 Å². The van der Waals surface area contributed by atoms with E-state index >= 15 is 0 Å². The minimum absolute atomic E-state index is 0.111. The molecule has 1 unspecified atom stereocenters. The van der Waals surface area contributed by atoms with Gasteiger partial charge in [-0.1, -0.05) is 6.07 Å². The molecule has 0 aliphatic heterocycles. The molecule has 0 saturated carbocycles. The average Bonchev–Trinajstić information content (AvgIpc) is 2.85. The van der Waals surface area contributed by atoms with Crippen molar-refractivity contribution < 1.29 is 0 Å². The van der Waals surface area contributed by atoms with Gasteiger partial charge in [-0.25, -0.2) is 4.98 Å². The summed E-state index contributed by atoms with van der Waals surface area (Å²) in [6, 6.07) is 4.14. The van der Waals surface area contributed by atoms with E-state index in [4.69, 9.17) is 5.73 Å². The maximum absolute atomic E-state index is 6.13. The Hall–Kier alpha value is -1.75. The summed E-state index contributed by atoms with van der Waals surface area (Å²) in [6.07, 6.45) is 7.92. The van der Waals surface area contributed by atoms with E-state index in [9.17, 15) is 0 Å². The van der Waals surface area contributed by atoms with E-state index in [2.05, 4.69) is 28.1 Å². The van der Waals surface area contributed by atoms with E-state index < -0.39 is 0 Å². The van der Waals surface area contributed by atoms with E-state index in [0.717, 1.165) is 31.6 Å². The Morgan fingerprint density at radius 3 is 3.06 bits per heavy atom. The fraction of sp³-hybridized carbons (Fsp3) is 0.462. The third kappa shape index (κ3) is 3.37. The number of rotatable bonds is 6. The molecule has 18 heavy (non-hydrogen) atoms. The van der Waals surface area contributed by atoms with Gasteiger partial charge in [-0.3, -0.25) is 9.67 Å². The van der Waals surface area contributed by atoms with Crippen molar-refractivity contribution in [3.05, 3.63) is 42.2 Å². The first-order valence-corrected chi connectivity index (χ1v) is 6.30. The smallest absolute Gasteiger partial charge is 0.138 e. The van der Waals surface area contributed by atoms with Crippen molar-refractivity contribution >= 4 is 0 Å². The molecule has 2 rings (SSSR count). The second-order valence-corrected chi connectivity index (χ2v) is 4.36. The summed E-state index contributed by atoms with van der Waals surface area (Å²) in [6.45, 7) is 2.89. The van der Waals surface area contributed by atoms with Gasteiger partial charge < -0.3 is 5.73 Å². The largest absolute Gasteiger partial charge is 0.327 e. The van der Waals surface area contributed by atoms with E-state index in [1.54, 1.807) is 12.5 Å². The number of pyridine rings is 1. The predicted molar refractivity (Wildman–Crippen MR) is 69.9 cm³/mol. The minimum Gasteiger partial charge on any atom is -0.327 e. The van der Waals surface area contributed by atoms with Crippen LogP contribution in [0.25, 0.3) is 0 Å². The summed E-state index contributed by atoms with van der Waals surface area (Å²) in [5.74, 6) is 0.969. The first-order valence-electron chi connectivity index (χ1n) is 6.30.